The molecule has 25 heavy (non-hydrogen) atoms. The van der Waals surface area contributed by atoms with Crippen LogP contribution in [0.1, 0.15) is 26.3 Å². The third kappa shape index (κ3) is 3.71. The number of thioether (sulfide) groups is 1. The van der Waals surface area contributed by atoms with Gasteiger partial charge < -0.3 is 10.1 Å². The van der Waals surface area contributed by atoms with Gasteiger partial charge in [0.15, 0.2) is 10.8 Å². The van der Waals surface area contributed by atoms with E-state index >= 15 is 0 Å². The quantitative estimate of drug-likeness (QED) is 0.725. The lowest BCUT2D eigenvalue weighted by atomic mass is 10.1. The minimum Gasteiger partial charge on any atom is -0.497 e. The van der Waals surface area contributed by atoms with Crippen LogP contribution in [0.3, 0.4) is 0 Å². The van der Waals surface area contributed by atoms with Crippen LogP contribution in [-0.4, -0.2) is 38.9 Å². The van der Waals surface area contributed by atoms with Gasteiger partial charge in [-0.2, -0.15) is 0 Å². The van der Waals surface area contributed by atoms with Crippen molar-refractivity contribution >= 4 is 34.2 Å². The van der Waals surface area contributed by atoms with E-state index in [-0.39, 0.29) is 17.2 Å². The Morgan fingerprint density at radius 3 is 2.72 bits per heavy atom. The van der Waals surface area contributed by atoms with Gasteiger partial charge in [-0.25, -0.2) is 0 Å². The molecule has 1 amide bonds. The predicted octanol–water partition coefficient (Wildman–Crippen LogP) is 3.21. The summed E-state index contributed by atoms with van der Waals surface area (Å²) in [5.41, 5.74) is 2.54. The van der Waals surface area contributed by atoms with E-state index in [9.17, 15) is 4.79 Å². The number of nitrogens with one attached hydrogen (secondary N) is 1. The Morgan fingerprint density at radius 1 is 1.28 bits per heavy atom. The molecule has 2 aromatic heterocycles. The van der Waals surface area contributed by atoms with Gasteiger partial charge in [0.1, 0.15) is 5.75 Å². The summed E-state index contributed by atoms with van der Waals surface area (Å²) in [5.74, 6) is 1.04. The minimum atomic E-state index is -0.249. The molecule has 0 aliphatic rings. The second kappa shape index (κ2) is 6.55. The number of aryl methyl sites for hydroxylation is 1. The zero-order chi connectivity index (χ0) is 18.2. The maximum atomic E-state index is 12.1. The summed E-state index contributed by atoms with van der Waals surface area (Å²) in [4.78, 5) is 12.1. The van der Waals surface area contributed by atoms with Crippen molar-refractivity contribution in [2.24, 2.45) is 0 Å². The molecule has 6 nitrogen and oxygen atoms in total. The molecule has 0 fully saturated rings. The lowest BCUT2D eigenvalue weighted by Gasteiger charge is -2.20. The minimum absolute atomic E-state index is 0.0243. The second-order valence-corrected chi connectivity index (χ2v) is 7.92. The van der Waals surface area contributed by atoms with Gasteiger partial charge in [-0.1, -0.05) is 11.8 Å². The Hall–Kier alpha value is -2.28. The van der Waals surface area contributed by atoms with Crippen LogP contribution >= 0.6 is 11.8 Å². The van der Waals surface area contributed by atoms with E-state index < -0.39 is 0 Å². The number of aromatic nitrogens is 3. The summed E-state index contributed by atoms with van der Waals surface area (Å²) < 4.78 is 7.33. The van der Waals surface area contributed by atoms with E-state index in [2.05, 4.69) is 21.6 Å². The highest BCUT2D eigenvalue weighted by Gasteiger charge is 2.17. The molecule has 0 saturated carbocycles. The standard InChI is InChI=1S/C18H22N4O2S/c1-11-8-12-6-7-13(24-5)9-14(12)22-16(11)20-21-17(22)25-10-15(23)19-18(2,3)4/h6-9H,10H2,1-5H3,(H,19,23). The number of hydrogen-bond donors (Lipinski definition) is 1. The molecule has 1 aromatic carbocycles. The highest BCUT2D eigenvalue weighted by molar-refractivity contribution is 7.99. The Balaban J connectivity index is 2.00. The zero-order valence-corrected chi connectivity index (χ0v) is 15.9. The molecule has 1 N–H and O–H groups in total. The number of fused-ring (bicyclic) bond motifs is 3. The van der Waals surface area contributed by atoms with Crippen LogP contribution in [0.15, 0.2) is 29.4 Å². The van der Waals surface area contributed by atoms with Crippen molar-refractivity contribution in [3.8, 4) is 5.75 Å². The Bertz CT molecular complexity index is 944. The largest absolute Gasteiger partial charge is 0.497 e. The lowest BCUT2D eigenvalue weighted by Crippen LogP contribution is -2.41. The van der Waals surface area contributed by atoms with Gasteiger partial charge in [-0.15, -0.1) is 10.2 Å². The SMILES string of the molecule is COc1ccc2cc(C)c3nnc(SCC(=O)NC(C)(C)C)n3c2c1. The number of hydrogen-bond acceptors (Lipinski definition) is 5. The summed E-state index contributed by atoms with van der Waals surface area (Å²) in [6.45, 7) is 7.90. The number of carbonyl (C=O) groups is 1. The second-order valence-electron chi connectivity index (χ2n) is 6.98. The van der Waals surface area contributed by atoms with E-state index in [1.165, 1.54) is 11.8 Å². The Morgan fingerprint density at radius 2 is 2.04 bits per heavy atom. The number of methoxy groups -OCH3 is 1. The van der Waals surface area contributed by atoms with Crippen LogP contribution in [0.5, 0.6) is 5.75 Å². The monoisotopic (exact) mass is 358 g/mol. The van der Waals surface area contributed by atoms with E-state index in [1.54, 1.807) is 7.11 Å². The molecule has 3 aromatic rings. The average molecular weight is 358 g/mol. The van der Waals surface area contributed by atoms with Gasteiger partial charge in [0, 0.05) is 11.6 Å². The number of rotatable bonds is 4. The van der Waals surface area contributed by atoms with Crippen LogP contribution in [0.25, 0.3) is 16.6 Å². The van der Waals surface area contributed by atoms with Crippen molar-refractivity contribution in [3.05, 3.63) is 29.8 Å². The average Bonchev–Trinajstić information content (AvgIpc) is 2.96. The zero-order valence-electron chi connectivity index (χ0n) is 15.1. The number of carbonyl (C=O) groups excluding carboxylic acids is 1. The molecule has 0 aliphatic carbocycles. The molecule has 2 heterocycles. The normalized spacial score (nSPS) is 11.9. The van der Waals surface area contributed by atoms with Crippen LogP contribution in [0, 0.1) is 6.92 Å². The smallest absolute Gasteiger partial charge is 0.230 e. The molecule has 0 atom stereocenters. The summed E-state index contributed by atoms with van der Waals surface area (Å²) in [6, 6.07) is 7.99. The van der Waals surface area contributed by atoms with E-state index in [4.69, 9.17) is 4.74 Å². The molecular weight excluding hydrogens is 336 g/mol. The van der Waals surface area contributed by atoms with Crippen LogP contribution in [-0.2, 0) is 4.79 Å². The summed E-state index contributed by atoms with van der Waals surface area (Å²) in [5, 5.41) is 13.3. The van der Waals surface area contributed by atoms with Gasteiger partial charge in [0.05, 0.1) is 18.4 Å². The number of pyridine rings is 1. The van der Waals surface area contributed by atoms with E-state index in [0.717, 1.165) is 27.9 Å². The van der Waals surface area contributed by atoms with Crippen molar-refractivity contribution in [2.75, 3.05) is 12.9 Å². The van der Waals surface area contributed by atoms with Gasteiger partial charge in [0.2, 0.25) is 5.91 Å². The fourth-order valence-electron chi connectivity index (χ4n) is 2.68. The number of ether oxygens (including phenoxy) is 1. The van der Waals surface area contributed by atoms with E-state index in [0.29, 0.717) is 5.16 Å². The molecule has 132 valence electrons. The van der Waals surface area contributed by atoms with Crippen molar-refractivity contribution in [1.29, 1.82) is 0 Å². The number of nitrogens with zero attached hydrogens (tertiary/aromatic N) is 3. The third-order valence-electron chi connectivity index (χ3n) is 3.68. The van der Waals surface area contributed by atoms with Gasteiger partial charge in [-0.3, -0.25) is 9.20 Å². The maximum absolute atomic E-state index is 12.1. The first kappa shape index (κ1) is 17.5. The Labute approximate surface area is 151 Å². The van der Waals surface area contributed by atoms with E-state index in [1.807, 2.05) is 50.3 Å². The molecule has 7 heteroatoms. The fraction of sp³-hybridized carbons (Fsp3) is 0.389. The van der Waals surface area contributed by atoms with Crippen molar-refractivity contribution in [3.63, 3.8) is 0 Å². The van der Waals surface area contributed by atoms with Crippen molar-refractivity contribution < 1.29 is 9.53 Å². The summed E-state index contributed by atoms with van der Waals surface area (Å²) in [6.07, 6.45) is 0. The van der Waals surface area contributed by atoms with Gasteiger partial charge in [-0.05, 0) is 56.8 Å². The van der Waals surface area contributed by atoms with Gasteiger partial charge >= 0.3 is 0 Å². The predicted molar refractivity (Wildman–Crippen MR) is 100 cm³/mol. The molecule has 0 aliphatic heterocycles. The molecule has 0 radical (unpaired) electrons. The summed E-state index contributed by atoms with van der Waals surface area (Å²) >= 11 is 1.38. The van der Waals surface area contributed by atoms with Gasteiger partial charge in [0.25, 0.3) is 0 Å². The molecule has 0 saturated heterocycles. The number of benzene rings is 1. The molecule has 0 spiro atoms. The van der Waals surface area contributed by atoms with Crippen LogP contribution < -0.4 is 10.1 Å². The molecular formula is C18H22N4O2S. The lowest BCUT2D eigenvalue weighted by molar-refractivity contribution is -0.119. The molecule has 0 bridgehead atoms. The first-order valence-corrected chi connectivity index (χ1v) is 9.03. The molecule has 0 unspecified atom stereocenters. The topological polar surface area (TPSA) is 68.5 Å². The first-order valence-electron chi connectivity index (χ1n) is 8.05. The molecule has 3 rings (SSSR count). The van der Waals surface area contributed by atoms with Crippen molar-refractivity contribution in [2.45, 2.75) is 38.4 Å². The van der Waals surface area contributed by atoms with Crippen LogP contribution in [0.4, 0.5) is 0 Å². The first-order chi connectivity index (χ1) is 11.8. The fourth-order valence-corrected chi connectivity index (χ4v) is 3.43. The van der Waals surface area contributed by atoms with Crippen molar-refractivity contribution in [1.82, 2.24) is 19.9 Å². The summed E-state index contributed by atoms with van der Waals surface area (Å²) in [7, 11) is 1.64. The Kier molecular flexibility index (Phi) is 4.60. The van der Waals surface area contributed by atoms with Crippen LogP contribution in [0.2, 0.25) is 0 Å². The highest BCUT2D eigenvalue weighted by Crippen LogP contribution is 2.28. The third-order valence-corrected chi connectivity index (χ3v) is 4.61. The maximum Gasteiger partial charge on any atom is 0.230 e. The number of amides is 1. The highest BCUT2D eigenvalue weighted by atomic mass is 32.2.